The zero-order valence-corrected chi connectivity index (χ0v) is 7.39. The monoisotopic (exact) mass is 158 g/mol. The van der Waals surface area contributed by atoms with Gasteiger partial charge in [-0.2, -0.15) is 0 Å². The molecule has 1 aliphatic heterocycles. The molecule has 0 aliphatic carbocycles. The van der Waals surface area contributed by atoms with Crippen LogP contribution < -0.4 is 11.3 Å². The fourth-order valence-electron chi connectivity index (χ4n) is 1.55. The standard InChI is InChI=1S/C8H18N2O/c1-3-8(2)4-5-11-6-7(8)10-9/h7,10H,3-6,9H2,1-2H3. The van der Waals surface area contributed by atoms with Crippen molar-refractivity contribution in [2.24, 2.45) is 11.3 Å². The van der Waals surface area contributed by atoms with Crippen LogP contribution in [0.5, 0.6) is 0 Å². The van der Waals surface area contributed by atoms with Crippen molar-refractivity contribution in [1.82, 2.24) is 5.43 Å². The van der Waals surface area contributed by atoms with Gasteiger partial charge in [-0.25, -0.2) is 0 Å². The van der Waals surface area contributed by atoms with Crippen molar-refractivity contribution < 1.29 is 4.74 Å². The number of nitrogens with two attached hydrogens (primary N) is 1. The highest BCUT2D eigenvalue weighted by Crippen LogP contribution is 2.32. The highest BCUT2D eigenvalue weighted by molar-refractivity contribution is 4.87. The van der Waals surface area contributed by atoms with Gasteiger partial charge in [0.2, 0.25) is 0 Å². The zero-order chi connectivity index (χ0) is 8.32. The molecule has 0 saturated carbocycles. The Kier molecular flexibility index (Phi) is 2.87. The van der Waals surface area contributed by atoms with Gasteiger partial charge in [-0.15, -0.1) is 0 Å². The van der Waals surface area contributed by atoms with Crippen LogP contribution >= 0.6 is 0 Å². The molecule has 0 radical (unpaired) electrons. The van der Waals surface area contributed by atoms with Gasteiger partial charge in [0, 0.05) is 12.6 Å². The number of rotatable bonds is 2. The molecule has 66 valence electrons. The smallest absolute Gasteiger partial charge is 0.0638 e. The van der Waals surface area contributed by atoms with Crippen LogP contribution in [0.2, 0.25) is 0 Å². The summed E-state index contributed by atoms with van der Waals surface area (Å²) in [6.45, 7) is 6.10. The highest BCUT2D eigenvalue weighted by Gasteiger charge is 2.34. The number of ether oxygens (including phenoxy) is 1. The summed E-state index contributed by atoms with van der Waals surface area (Å²) in [6.07, 6.45) is 2.27. The van der Waals surface area contributed by atoms with Gasteiger partial charge < -0.3 is 4.74 Å². The maximum Gasteiger partial charge on any atom is 0.0638 e. The molecule has 3 heteroatoms. The average Bonchev–Trinajstić information content (AvgIpc) is 2.05. The summed E-state index contributed by atoms with van der Waals surface area (Å²) in [5.41, 5.74) is 3.15. The second-order valence-corrected chi connectivity index (χ2v) is 3.55. The van der Waals surface area contributed by atoms with Gasteiger partial charge in [-0.1, -0.05) is 13.8 Å². The second-order valence-electron chi connectivity index (χ2n) is 3.55. The predicted molar refractivity (Wildman–Crippen MR) is 44.9 cm³/mol. The molecule has 3 nitrogen and oxygen atoms in total. The SMILES string of the molecule is CCC1(C)CCOCC1NN. The van der Waals surface area contributed by atoms with E-state index in [4.69, 9.17) is 10.6 Å². The molecule has 0 aromatic carbocycles. The molecule has 1 saturated heterocycles. The number of hydrogen-bond donors (Lipinski definition) is 2. The summed E-state index contributed by atoms with van der Waals surface area (Å²) in [6, 6.07) is 0.321. The summed E-state index contributed by atoms with van der Waals surface area (Å²) in [5, 5.41) is 0. The van der Waals surface area contributed by atoms with Gasteiger partial charge in [0.05, 0.1) is 6.61 Å². The summed E-state index contributed by atoms with van der Waals surface area (Å²) in [4.78, 5) is 0. The van der Waals surface area contributed by atoms with Crippen LogP contribution in [0.3, 0.4) is 0 Å². The van der Waals surface area contributed by atoms with E-state index in [1.807, 2.05) is 0 Å². The Hall–Kier alpha value is -0.120. The third kappa shape index (κ3) is 1.72. The molecule has 0 amide bonds. The Bertz CT molecular complexity index is 129. The van der Waals surface area contributed by atoms with Crippen LogP contribution in [0.4, 0.5) is 0 Å². The molecule has 2 atom stereocenters. The lowest BCUT2D eigenvalue weighted by Crippen LogP contribution is -2.52. The first-order chi connectivity index (χ1) is 5.23. The van der Waals surface area contributed by atoms with E-state index in [0.717, 1.165) is 26.1 Å². The molecule has 2 unspecified atom stereocenters. The Morgan fingerprint density at radius 2 is 2.45 bits per heavy atom. The third-order valence-corrected chi connectivity index (χ3v) is 2.95. The Morgan fingerprint density at radius 1 is 1.73 bits per heavy atom. The first-order valence-electron chi connectivity index (χ1n) is 4.27. The quantitative estimate of drug-likeness (QED) is 0.458. The first-order valence-corrected chi connectivity index (χ1v) is 4.27. The van der Waals surface area contributed by atoms with Crippen LogP contribution in [-0.2, 0) is 4.74 Å². The summed E-state index contributed by atoms with van der Waals surface area (Å²) in [5.74, 6) is 5.42. The molecule has 1 heterocycles. The second kappa shape index (κ2) is 3.52. The van der Waals surface area contributed by atoms with Crippen LogP contribution in [0.1, 0.15) is 26.7 Å². The lowest BCUT2D eigenvalue weighted by atomic mass is 9.76. The molecule has 1 fully saturated rings. The molecular weight excluding hydrogens is 140 g/mol. The summed E-state index contributed by atoms with van der Waals surface area (Å²) >= 11 is 0. The fraction of sp³-hybridized carbons (Fsp3) is 1.00. The van der Waals surface area contributed by atoms with Crippen molar-refractivity contribution in [3.05, 3.63) is 0 Å². The summed E-state index contributed by atoms with van der Waals surface area (Å²) in [7, 11) is 0. The number of hydrazine groups is 1. The zero-order valence-electron chi connectivity index (χ0n) is 7.39. The lowest BCUT2D eigenvalue weighted by molar-refractivity contribution is -0.0116. The van der Waals surface area contributed by atoms with Gasteiger partial charge in [0.1, 0.15) is 0 Å². The van der Waals surface area contributed by atoms with E-state index in [-0.39, 0.29) is 0 Å². The van der Waals surface area contributed by atoms with E-state index < -0.39 is 0 Å². The minimum atomic E-state index is 0.321. The Balaban J connectivity index is 2.57. The molecule has 0 aromatic heterocycles. The Labute approximate surface area is 68.3 Å². The molecule has 11 heavy (non-hydrogen) atoms. The van der Waals surface area contributed by atoms with Crippen LogP contribution in [0.25, 0.3) is 0 Å². The molecule has 0 aromatic rings. The fourth-order valence-corrected chi connectivity index (χ4v) is 1.55. The predicted octanol–water partition coefficient (Wildman–Crippen LogP) is 0.655. The lowest BCUT2D eigenvalue weighted by Gasteiger charge is -2.40. The molecule has 0 spiro atoms. The van der Waals surface area contributed by atoms with Gasteiger partial charge in [0.15, 0.2) is 0 Å². The molecule has 1 rings (SSSR count). The normalized spacial score (nSPS) is 39.0. The first kappa shape index (κ1) is 8.97. The average molecular weight is 158 g/mol. The van der Waals surface area contributed by atoms with E-state index in [1.54, 1.807) is 0 Å². The van der Waals surface area contributed by atoms with E-state index in [2.05, 4.69) is 19.3 Å². The van der Waals surface area contributed by atoms with Crippen LogP contribution in [0.15, 0.2) is 0 Å². The van der Waals surface area contributed by atoms with Gasteiger partial charge in [-0.05, 0) is 18.3 Å². The molecule has 3 N–H and O–H groups in total. The Morgan fingerprint density at radius 3 is 2.91 bits per heavy atom. The topological polar surface area (TPSA) is 47.3 Å². The third-order valence-electron chi connectivity index (χ3n) is 2.95. The van der Waals surface area contributed by atoms with E-state index in [9.17, 15) is 0 Å². The molecule has 1 aliphatic rings. The maximum atomic E-state index is 5.42. The molecular formula is C8H18N2O. The van der Waals surface area contributed by atoms with E-state index in [0.29, 0.717) is 11.5 Å². The highest BCUT2D eigenvalue weighted by atomic mass is 16.5. The van der Waals surface area contributed by atoms with Crippen molar-refractivity contribution >= 4 is 0 Å². The van der Waals surface area contributed by atoms with Crippen molar-refractivity contribution in [1.29, 1.82) is 0 Å². The maximum absolute atomic E-state index is 5.42. The summed E-state index contributed by atoms with van der Waals surface area (Å²) < 4.78 is 5.33. The van der Waals surface area contributed by atoms with Gasteiger partial charge >= 0.3 is 0 Å². The number of hydrogen-bond acceptors (Lipinski definition) is 3. The van der Waals surface area contributed by atoms with E-state index >= 15 is 0 Å². The minimum Gasteiger partial charge on any atom is -0.380 e. The van der Waals surface area contributed by atoms with Gasteiger partial charge in [-0.3, -0.25) is 11.3 Å². The van der Waals surface area contributed by atoms with Crippen LogP contribution in [0, 0.1) is 5.41 Å². The largest absolute Gasteiger partial charge is 0.380 e. The van der Waals surface area contributed by atoms with E-state index in [1.165, 1.54) is 0 Å². The minimum absolute atomic E-state index is 0.321. The van der Waals surface area contributed by atoms with Gasteiger partial charge in [0.25, 0.3) is 0 Å². The molecule has 0 bridgehead atoms. The van der Waals surface area contributed by atoms with Crippen molar-refractivity contribution in [3.63, 3.8) is 0 Å². The number of nitrogens with one attached hydrogen (secondary N) is 1. The van der Waals surface area contributed by atoms with Crippen molar-refractivity contribution in [2.45, 2.75) is 32.7 Å². The van der Waals surface area contributed by atoms with Crippen molar-refractivity contribution in [2.75, 3.05) is 13.2 Å². The van der Waals surface area contributed by atoms with Crippen LogP contribution in [-0.4, -0.2) is 19.3 Å². The van der Waals surface area contributed by atoms with Crippen molar-refractivity contribution in [3.8, 4) is 0 Å².